The van der Waals surface area contributed by atoms with Crippen molar-refractivity contribution in [3.63, 3.8) is 0 Å². The molecular weight excluding hydrogens is 328 g/mol. The summed E-state index contributed by atoms with van der Waals surface area (Å²) in [6.45, 7) is 4.05. The summed E-state index contributed by atoms with van der Waals surface area (Å²) in [6, 6.07) is 10.8. The Hall–Kier alpha value is -0.900. The zero-order valence-electron chi connectivity index (χ0n) is 11.8. The Morgan fingerprint density at radius 3 is 2.62 bits per heavy atom. The van der Waals surface area contributed by atoms with Crippen LogP contribution in [-0.4, -0.2) is 5.75 Å². The van der Waals surface area contributed by atoms with E-state index in [1.165, 1.54) is 12.1 Å². The Balaban J connectivity index is 2.26. The molecule has 0 aliphatic rings. The predicted molar refractivity (Wildman–Crippen MR) is 91.3 cm³/mol. The van der Waals surface area contributed by atoms with Crippen molar-refractivity contribution in [3.05, 3.63) is 57.8 Å². The molecule has 0 saturated heterocycles. The highest BCUT2D eigenvalue weighted by molar-refractivity contribution is 7.99. The number of hydrogen-bond donors (Lipinski definition) is 1. The fraction of sp³-hybridized carbons (Fsp3) is 0.250. The number of benzene rings is 2. The van der Waals surface area contributed by atoms with E-state index in [0.29, 0.717) is 10.6 Å². The van der Waals surface area contributed by atoms with Crippen LogP contribution in [0.4, 0.5) is 10.1 Å². The maximum Gasteiger partial charge on any atom is 0.142 e. The number of halogens is 3. The third kappa shape index (κ3) is 4.06. The number of para-hydroxylation sites is 1. The molecule has 5 heteroatoms. The minimum absolute atomic E-state index is 0.0397. The Kier molecular flexibility index (Phi) is 5.80. The number of nitrogens with one attached hydrogen (secondary N) is 1. The molecule has 0 bridgehead atoms. The van der Waals surface area contributed by atoms with Gasteiger partial charge in [0.15, 0.2) is 0 Å². The molecular formula is C16H16Cl2FNS. The molecule has 0 aromatic heterocycles. The van der Waals surface area contributed by atoms with E-state index in [1.54, 1.807) is 11.8 Å². The van der Waals surface area contributed by atoms with Gasteiger partial charge in [-0.3, -0.25) is 0 Å². The topological polar surface area (TPSA) is 12.0 Å². The maximum absolute atomic E-state index is 13.6. The zero-order chi connectivity index (χ0) is 15.4. The molecule has 0 fully saturated rings. The Labute approximate surface area is 138 Å². The summed E-state index contributed by atoms with van der Waals surface area (Å²) in [4.78, 5) is 1.16. The Bertz CT molecular complexity index is 634. The van der Waals surface area contributed by atoms with Gasteiger partial charge in [-0.2, -0.15) is 0 Å². The van der Waals surface area contributed by atoms with E-state index in [4.69, 9.17) is 23.2 Å². The summed E-state index contributed by atoms with van der Waals surface area (Å²) < 4.78 is 13.6. The fourth-order valence-corrected chi connectivity index (χ4v) is 3.36. The van der Waals surface area contributed by atoms with E-state index in [1.807, 2.05) is 25.1 Å². The first kappa shape index (κ1) is 16.5. The third-order valence-electron chi connectivity index (χ3n) is 3.07. The summed E-state index contributed by atoms with van der Waals surface area (Å²) in [7, 11) is 0. The van der Waals surface area contributed by atoms with Gasteiger partial charge in [0.05, 0.1) is 11.1 Å². The van der Waals surface area contributed by atoms with Crippen molar-refractivity contribution in [2.24, 2.45) is 0 Å². The van der Waals surface area contributed by atoms with Crippen LogP contribution in [0, 0.1) is 5.82 Å². The highest BCUT2D eigenvalue weighted by Crippen LogP contribution is 2.33. The SMILES string of the molecule is CCSc1ccccc1NC(C)c1cc(F)c(Cl)cc1Cl. The van der Waals surface area contributed by atoms with Crippen LogP contribution in [0.15, 0.2) is 41.3 Å². The van der Waals surface area contributed by atoms with Gasteiger partial charge in [-0.25, -0.2) is 4.39 Å². The zero-order valence-corrected chi connectivity index (χ0v) is 14.1. The van der Waals surface area contributed by atoms with Crippen molar-refractivity contribution < 1.29 is 4.39 Å². The van der Waals surface area contributed by atoms with Crippen molar-refractivity contribution in [1.82, 2.24) is 0 Å². The molecule has 0 radical (unpaired) electrons. The van der Waals surface area contributed by atoms with Gasteiger partial charge < -0.3 is 5.32 Å². The second-order valence-electron chi connectivity index (χ2n) is 4.58. The van der Waals surface area contributed by atoms with Gasteiger partial charge in [0.25, 0.3) is 0 Å². The van der Waals surface area contributed by atoms with Gasteiger partial charge in [-0.1, -0.05) is 42.3 Å². The van der Waals surface area contributed by atoms with E-state index in [-0.39, 0.29) is 11.1 Å². The van der Waals surface area contributed by atoms with Crippen LogP contribution in [0.5, 0.6) is 0 Å². The van der Waals surface area contributed by atoms with E-state index >= 15 is 0 Å². The summed E-state index contributed by atoms with van der Waals surface area (Å²) in [5.74, 6) is 0.532. The first-order valence-corrected chi connectivity index (χ1v) is 8.40. The van der Waals surface area contributed by atoms with Crippen LogP contribution in [-0.2, 0) is 0 Å². The molecule has 1 unspecified atom stereocenters. The van der Waals surface area contributed by atoms with Crippen LogP contribution in [0.25, 0.3) is 0 Å². The summed E-state index contributed by atoms with van der Waals surface area (Å²) in [6.07, 6.45) is 0. The molecule has 2 aromatic rings. The molecule has 1 nitrogen and oxygen atoms in total. The number of anilines is 1. The molecule has 1 atom stereocenters. The number of rotatable bonds is 5. The highest BCUT2D eigenvalue weighted by Gasteiger charge is 2.14. The average Bonchev–Trinajstić information content (AvgIpc) is 2.45. The molecule has 0 spiro atoms. The van der Waals surface area contributed by atoms with E-state index < -0.39 is 5.82 Å². The Morgan fingerprint density at radius 2 is 1.90 bits per heavy atom. The Morgan fingerprint density at radius 1 is 1.19 bits per heavy atom. The summed E-state index contributed by atoms with van der Waals surface area (Å²) in [5.41, 5.74) is 1.71. The number of thioether (sulfide) groups is 1. The molecule has 0 saturated carbocycles. The predicted octanol–water partition coefficient (Wildman–Crippen LogP) is 6.42. The quantitative estimate of drug-likeness (QED) is 0.496. The molecule has 0 aliphatic carbocycles. The van der Waals surface area contributed by atoms with Crippen molar-refractivity contribution in [2.75, 3.05) is 11.1 Å². The minimum atomic E-state index is -0.457. The van der Waals surface area contributed by atoms with E-state index in [9.17, 15) is 4.39 Å². The summed E-state index contributed by atoms with van der Waals surface area (Å²) in [5, 5.41) is 3.88. The lowest BCUT2D eigenvalue weighted by Crippen LogP contribution is -2.08. The molecule has 2 rings (SSSR count). The van der Waals surface area contributed by atoms with Crippen molar-refractivity contribution in [2.45, 2.75) is 24.8 Å². The molecule has 0 aliphatic heterocycles. The normalized spacial score (nSPS) is 12.2. The lowest BCUT2D eigenvalue weighted by Gasteiger charge is -2.19. The van der Waals surface area contributed by atoms with Crippen LogP contribution < -0.4 is 5.32 Å². The second kappa shape index (κ2) is 7.39. The number of hydrogen-bond acceptors (Lipinski definition) is 2. The van der Waals surface area contributed by atoms with Crippen LogP contribution in [0.1, 0.15) is 25.5 Å². The van der Waals surface area contributed by atoms with Crippen LogP contribution >= 0.6 is 35.0 Å². The lowest BCUT2D eigenvalue weighted by atomic mass is 10.1. The molecule has 0 amide bonds. The van der Waals surface area contributed by atoms with Gasteiger partial charge in [0.2, 0.25) is 0 Å². The van der Waals surface area contributed by atoms with Crippen LogP contribution in [0.2, 0.25) is 10.0 Å². The molecule has 2 aromatic carbocycles. The van der Waals surface area contributed by atoms with Crippen molar-refractivity contribution in [3.8, 4) is 0 Å². The van der Waals surface area contributed by atoms with Gasteiger partial charge in [0.1, 0.15) is 5.82 Å². The van der Waals surface area contributed by atoms with Gasteiger partial charge in [-0.05, 0) is 42.5 Å². The third-order valence-corrected chi connectivity index (χ3v) is 4.64. The first-order valence-electron chi connectivity index (χ1n) is 6.65. The van der Waals surface area contributed by atoms with Gasteiger partial charge in [0, 0.05) is 15.6 Å². The standard InChI is InChI=1S/C16H16Cl2FNS/c1-3-21-16-7-5-4-6-15(16)20-10(2)11-8-14(19)13(18)9-12(11)17/h4-10,20H,3H2,1-2H3. The monoisotopic (exact) mass is 343 g/mol. The summed E-state index contributed by atoms with van der Waals surface area (Å²) >= 11 is 13.7. The van der Waals surface area contributed by atoms with Gasteiger partial charge in [-0.15, -0.1) is 11.8 Å². The fourth-order valence-electron chi connectivity index (χ4n) is 2.05. The van der Waals surface area contributed by atoms with E-state index in [2.05, 4.69) is 18.3 Å². The smallest absolute Gasteiger partial charge is 0.142 e. The van der Waals surface area contributed by atoms with Crippen molar-refractivity contribution >= 4 is 40.7 Å². The van der Waals surface area contributed by atoms with Crippen LogP contribution in [0.3, 0.4) is 0 Å². The molecule has 112 valence electrons. The largest absolute Gasteiger partial charge is 0.378 e. The van der Waals surface area contributed by atoms with Crippen molar-refractivity contribution in [1.29, 1.82) is 0 Å². The molecule has 0 heterocycles. The van der Waals surface area contributed by atoms with E-state index in [0.717, 1.165) is 16.3 Å². The first-order chi connectivity index (χ1) is 10.0. The highest BCUT2D eigenvalue weighted by atomic mass is 35.5. The molecule has 1 N–H and O–H groups in total. The van der Waals surface area contributed by atoms with Gasteiger partial charge >= 0.3 is 0 Å². The molecule has 21 heavy (non-hydrogen) atoms. The maximum atomic E-state index is 13.6. The second-order valence-corrected chi connectivity index (χ2v) is 6.70. The average molecular weight is 344 g/mol. The minimum Gasteiger partial charge on any atom is -0.378 e. The lowest BCUT2D eigenvalue weighted by molar-refractivity contribution is 0.624.